The SMILES string of the molecule is C=C(C)/C(F)=C(\C(C)=C/C)C1CC1. The predicted octanol–water partition coefficient (Wildman–Crippen LogP) is 4.16. The van der Waals surface area contributed by atoms with Gasteiger partial charge in [-0.05, 0) is 56.3 Å². The van der Waals surface area contributed by atoms with Crippen LogP contribution in [0.15, 0.2) is 35.2 Å². The maximum atomic E-state index is 13.7. The van der Waals surface area contributed by atoms with E-state index in [1.807, 2.05) is 19.9 Å². The molecule has 0 radical (unpaired) electrons. The second kappa shape index (κ2) is 3.91. The molecule has 0 unspecified atom stereocenters. The van der Waals surface area contributed by atoms with Crippen molar-refractivity contribution in [1.82, 2.24) is 0 Å². The Kier molecular flexibility index (Phi) is 3.07. The zero-order chi connectivity index (χ0) is 10.0. The summed E-state index contributed by atoms with van der Waals surface area (Å²) in [6, 6.07) is 0. The van der Waals surface area contributed by atoms with Gasteiger partial charge in [-0.2, -0.15) is 0 Å². The first-order valence-electron chi connectivity index (χ1n) is 4.76. The lowest BCUT2D eigenvalue weighted by atomic mass is 9.99. The highest BCUT2D eigenvalue weighted by Gasteiger charge is 2.29. The predicted molar refractivity (Wildman–Crippen MR) is 55.1 cm³/mol. The molecule has 13 heavy (non-hydrogen) atoms. The summed E-state index contributed by atoms with van der Waals surface area (Å²) in [5, 5.41) is 0. The van der Waals surface area contributed by atoms with E-state index in [1.165, 1.54) is 0 Å². The number of allylic oxidation sites excluding steroid dienone is 5. The van der Waals surface area contributed by atoms with E-state index in [1.54, 1.807) is 6.92 Å². The van der Waals surface area contributed by atoms with Crippen LogP contribution in [-0.4, -0.2) is 0 Å². The summed E-state index contributed by atoms with van der Waals surface area (Å²) >= 11 is 0. The summed E-state index contributed by atoms with van der Waals surface area (Å²) < 4.78 is 13.7. The molecule has 1 saturated carbocycles. The molecule has 0 aromatic heterocycles. The van der Waals surface area contributed by atoms with Crippen LogP contribution in [0.3, 0.4) is 0 Å². The van der Waals surface area contributed by atoms with Crippen LogP contribution in [-0.2, 0) is 0 Å². The van der Waals surface area contributed by atoms with Gasteiger partial charge >= 0.3 is 0 Å². The van der Waals surface area contributed by atoms with Crippen LogP contribution in [0, 0.1) is 5.92 Å². The molecule has 0 aliphatic heterocycles. The fraction of sp³-hybridized carbons (Fsp3) is 0.500. The largest absolute Gasteiger partial charge is 0.206 e. The smallest absolute Gasteiger partial charge is 0.129 e. The van der Waals surface area contributed by atoms with Crippen molar-refractivity contribution in [1.29, 1.82) is 0 Å². The van der Waals surface area contributed by atoms with E-state index in [9.17, 15) is 4.39 Å². The molecule has 1 aliphatic carbocycles. The van der Waals surface area contributed by atoms with E-state index in [0.29, 0.717) is 11.5 Å². The Morgan fingerprint density at radius 2 is 1.92 bits per heavy atom. The van der Waals surface area contributed by atoms with Crippen molar-refractivity contribution in [2.45, 2.75) is 33.6 Å². The zero-order valence-corrected chi connectivity index (χ0v) is 8.65. The third-order valence-corrected chi connectivity index (χ3v) is 2.45. The van der Waals surface area contributed by atoms with Gasteiger partial charge in [-0.3, -0.25) is 0 Å². The van der Waals surface area contributed by atoms with E-state index >= 15 is 0 Å². The van der Waals surface area contributed by atoms with Gasteiger partial charge in [0.1, 0.15) is 5.83 Å². The standard InChI is InChI=1S/C12H17F/c1-5-9(4)11(10-6-7-10)12(13)8(2)3/h5,10H,2,6-7H2,1,3-4H3/b9-5-,12-11-. The van der Waals surface area contributed by atoms with Gasteiger partial charge in [-0.1, -0.05) is 12.7 Å². The minimum Gasteiger partial charge on any atom is -0.206 e. The van der Waals surface area contributed by atoms with E-state index in [2.05, 4.69) is 6.58 Å². The van der Waals surface area contributed by atoms with Crippen molar-refractivity contribution in [3.63, 3.8) is 0 Å². The Morgan fingerprint density at radius 1 is 1.38 bits per heavy atom. The van der Waals surface area contributed by atoms with E-state index in [0.717, 1.165) is 24.0 Å². The third kappa shape index (κ3) is 2.30. The van der Waals surface area contributed by atoms with Crippen molar-refractivity contribution < 1.29 is 4.39 Å². The van der Waals surface area contributed by atoms with Gasteiger partial charge in [0.2, 0.25) is 0 Å². The highest BCUT2D eigenvalue weighted by Crippen LogP contribution is 2.42. The summed E-state index contributed by atoms with van der Waals surface area (Å²) in [5.41, 5.74) is 2.49. The number of hydrogen-bond donors (Lipinski definition) is 0. The molecule has 1 aliphatic rings. The van der Waals surface area contributed by atoms with E-state index in [4.69, 9.17) is 0 Å². The maximum Gasteiger partial charge on any atom is 0.129 e. The average molecular weight is 180 g/mol. The Morgan fingerprint density at radius 3 is 2.23 bits per heavy atom. The van der Waals surface area contributed by atoms with Crippen molar-refractivity contribution >= 4 is 0 Å². The Hall–Kier alpha value is -0.850. The summed E-state index contributed by atoms with van der Waals surface area (Å²) in [4.78, 5) is 0. The Balaban J connectivity index is 3.03. The number of halogens is 1. The Labute approximate surface area is 79.8 Å². The van der Waals surface area contributed by atoms with Crippen LogP contribution >= 0.6 is 0 Å². The second-order valence-corrected chi connectivity index (χ2v) is 3.75. The molecule has 0 amide bonds. The van der Waals surface area contributed by atoms with Gasteiger partial charge in [-0.25, -0.2) is 4.39 Å². The van der Waals surface area contributed by atoms with Gasteiger partial charge < -0.3 is 0 Å². The van der Waals surface area contributed by atoms with Crippen molar-refractivity contribution in [2.24, 2.45) is 5.92 Å². The lowest BCUT2D eigenvalue weighted by Crippen LogP contribution is -1.93. The first-order chi connectivity index (χ1) is 6.07. The molecule has 0 atom stereocenters. The van der Waals surface area contributed by atoms with Crippen molar-refractivity contribution in [3.05, 3.63) is 35.2 Å². The minimum absolute atomic E-state index is 0.0990. The molecule has 1 heteroatoms. The maximum absolute atomic E-state index is 13.7. The fourth-order valence-corrected chi connectivity index (χ4v) is 1.43. The van der Waals surface area contributed by atoms with Crippen LogP contribution in [0.4, 0.5) is 4.39 Å². The van der Waals surface area contributed by atoms with Crippen LogP contribution in [0.1, 0.15) is 33.6 Å². The summed E-state index contributed by atoms with van der Waals surface area (Å²) in [5.74, 6) is 0.353. The highest BCUT2D eigenvalue weighted by molar-refractivity contribution is 5.42. The molecule has 0 saturated heterocycles. The molecule has 0 aromatic rings. The molecule has 72 valence electrons. The zero-order valence-electron chi connectivity index (χ0n) is 8.65. The molecule has 0 N–H and O–H groups in total. The first-order valence-corrected chi connectivity index (χ1v) is 4.76. The fourth-order valence-electron chi connectivity index (χ4n) is 1.43. The summed E-state index contributed by atoms with van der Waals surface area (Å²) in [6.07, 6.45) is 4.22. The van der Waals surface area contributed by atoms with Crippen LogP contribution in [0.2, 0.25) is 0 Å². The molecule has 0 heterocycles. The average Bonchev–Trinajstić information content (AvgIpc) is 2.88. The van der Waals surface area contributed by atoms with Gasteiger partial charge in [-0.15, -0.1) is 0 Å². The van der Waals surface area contributed by atoms with Crippen molar-refractivity contribution in [2.75, 3.05) is 0 Å². The molecule has 0 spiro atoms. The van der Waals surface area contributed by atoms with Gasteiger partial charge in [0.25, 0.3) is 0 Å². The van der Waals surface area contributed by atoms with E-state index < -0.39 is 0 Å². The quantitative estimate of drug-likeness (QED) is 0.572. The number of rotatable bonds is 3. The van der Waals surface area contributed by atoms with Gasteiger partial charge in [0.05, 0.1) is 0 Å². The first kappa shape index (κ1) is 10.2. The molecular weight excluding hydrogens is 163 g/mol. The van der Waals surface area contributed by atoms with Crippen LogP contribution in [0.5, 0.6) is 0 Å². The lowest BCUT2D eigenvalue weighted by molar-refractivity contribution is 0.631. The van der Waals surface area contributed by atoms with E-state index in [-0.39, 0.29) is 5.83 Å². The van der Waals surface area contributed by atoms with Crippen LogP contribution < -0.4 is 0 Å². The second-order valence-electron chi connectivity index (χ2n) is 3.75. The number of hydrogen-bond acceptors (Lipinski definition) is 0. The topological polar surface area (TPSA) is 0 Å². The molecule has 1 rings (SSSR count). The third-order valence-electron chi connectivity index (χ3n) is 2.45. The Bertz CT molecular complexity index is 277. The molecule has 0 nitrogen and oxygen atoms in total. The van der Waals surface area contributed by atoms with Crippen LogP contribution in [0.25, 0.3) is 0 Å². The molecule has 0 bridgehead atoms. The lowest BCUT2D eigenvalue weighted by Gasteiger charge is -2.08. The molecule has 1 fully saturated rings. The van der Waals surface area contributed by atoms with Gasteiger partial charge in [0, 0.05) is 0 Å². The molecular formula is C12H17F. The monoisotopic (exact) mass is 180 g/mol. The normalized spacial score (nSPS) is 19.8. The van der Waals surface area contributed by atoms with Crippen molar-refractivity contribution in [3.8, 4) is 0 Å². The minimum atomic E-state index is -0.0990. The summed E-state index contributed by atoms with van der Waals surface area (Å²) in [7, 11) is 0. The summed E-state index contributed by atoms with van der Waals surface area (Å²) in [6.45, 7) is 9.28. The highest BCUT2D eigenvalue weighted by atomic mass is 19.1. The molecule has 0 aromatic carbocycles. The van der Waals surface area contributed by atoms with Gasteiger partial charge in [0.15, 0.2) is 0 Å².